The van der Waals surface area contributed by atoms with Crippen LogP contribution in [0.1, 0.15) is 23.6 Å². The molecule has 1 fully saturated rings. The van der Waals surface area contributed by atoms with E-state index in [4.69, 9.17) is 10.5 Å². The second kappa shape index (κ2) is 3.62. The van der Waals surface area contributed by atoms with Gasteiger partial charge in [-0.05, 0) is 31.9 Å². The average Bonchev–Trinajstić information content (AvgIpc) is 2.05. The number of rotatable bonds is 2. The maximum absolute atomic E-state index is 6.09. The Balaban J connectivity index is 2.43. The SMILES string of the molecule is Cc1ccc(C2(C(C)N)COC2)c(C)c1. The van der Waals surface area contributed by atoms with Crippen molar-refractivity contribution in [3.8, 4) is 0 Å². The predicted molar refractivity (Wildman–Crippen MR) is 62.1 cm³/mol. The molecule has 0 aliphatic carbocycles. The van der Waals surface area contributed by atoms with Gasteiger partial charge in [0.05, 0.1) is 18.6 Å². The Labute approximate surface area is 91.4 Å². The fraction of sp³-hybridized carbons (Fsp3) is 0.538. The van der Waals surface area contributed by atoms with Crippen molar-refractivity contribution in [3.63, 3.8) is 0 Å². The molecule has 1 aromatic rings. The third-order valence-electron chi connectivity index (χ3n) is 3.51. The van der Waals surface area contributed by atoms with Crippen LogP contribution < -0.4 is 5.73 Å². The van der Waals surface area contributed by atoms with Crippen LogP contribution in [-0.4, -0.2) is 19.3 Å². The van der Waals surface area contributed by atoms with E-state index in [1.165, 1.54) is 16.7 Å². The first-order valence-electron chi connectivity index (χ1n) is 5.47. The Hall–Kier alpha value is -0.860. The first kappa shape index (κ1) is 10.7. The fourth-order valence-electron chi connectivity index (χ4n) is 2.36. The summed E-state index contributed by atoms with van der Waals surface area (Å²) >= 11 is 0. The summed E-state index contributed by atoms with van der Waals surface area (Å²) in [5.41, 5.74) is 10.1. The van der Waals surface area contributed by atoms with Crippen molar-refractivity contribution in [2.75, 3.05) is 13.2 Å². The third kappa shape index (κ3) is 1.58. The first-order valence-corrected chi connectivity index (χ1v) is 5.47. The molecule has 2 heteroatoms. The zero-order valence-corrected chi connectivity index (χ0v) is 9.71. The minimum Gasteiger partial charge on any atom is -0.379 e. The maximum Gasteiger partial charge on any atom is 0.0600 e. The third-order valence-corrected chi connectivity index (χ3v) is 3.51. The molecule has 0 radical (unpaired) electrons. The van der Waals surface area contributed by atoms with Gasteiger partial charge >= 0.3 is 0 Å². The van der Waals surface area contributed by atoms with E-state index in [0.29, 0.717) is 0 Å². The lowest BCUT2D eigenvalue weighted by Gasteiger charge is -2.45. The van der Waals surface area contributed by atoms with Gasteiger partial charge in [0.1, 0.15) is 0 Å². The number of benzene rings is 1. The van der Waals surface area contributed by atoms with E-state index in [-0.39, 0.29) is 11.5 Å². The lowest BCUT2D eigenvalue weighted by molar-refractivity contribution is -0.0704. The highest BCUT2D eigenvalue weighted by molar-refractivity contribution is 5.39. The summed E-state index contributed by atoms with van der Waals surface area (Å²) in [6, 6.07) is 6.73. The predicted octanol–water partition coefficient (Wildman–Crippen LogP) is 1.92. The topological polar surface area (TPSA) is 35.2 Å². The van der Waals surface area contributed by atoms with Crippen molar-refractivity contribution >= 4 is 0 Å². The molecule has 0 spiro atoms. The van der Waals surface area contributed by atoms with Gasteiger partial charge in [0.25, 0.3) is 0 Å². The molecule has 82 valence electrons. The minimum atomic E-state index is 0.0534. The molecule has 2 nitrogen and oxygen atoms in total. The van der Waals surface area contributed by atoms with Crippen molar-refractivity contribution in [1.82, 2.24) is 0 Å². The van der Waals surface area contributed by atoms with Crippen molar-refractivity contribution < 1.29 is 4.74 Å². The molecular formula is C13H19NO. The molecule has 0 aromatic heterocycles. The van der Waals surface area contributed by atoms with Crippen LogP contribution in [0.4, 0.5) is 0 Å². The zero-order chi connectivity index (χ0) is 11.1. The molecule has 0 amide bonds. The zero-order valence-electron chi connectivity index (χ0n) is 9.71. The highest BCUT2D eigenvalue weighted by Gasteiger charge is 2.44. The monoisotopic (exact) mass is 205 g/mol. The lowest BCUT2D eigenvalue weighted by Crippen LogP contribution is -2.57. The fourth-order valence-corrected chi connectivity index (χ4v) is 2.36. The largest absolute Gasteiger partial charge is 0.379 e. The van der Waals surface area contributed by atoms with E-state index in [0.717, 1.165) is 13.2 Å². The van der Waals surface area contributed by atoms with Gasteiger partial charge in [0, 0.05) is 6.04 Å². The van der Waals surface area contributed by atoms with E-state index < -0.39 is 0 Å². The van der Waals surface area contributed by atoms with Gasteiger partial charge in [-0.1, -0.05) is 23.8 Å². The van der Waals surface area contributed by atoms with Crippen LogP contribution >= 0.6 is 0 Å². The Kier molecular flexibility index (Phi) is 2.57. The first-order chi connectivity index (χ1) is 7.06. The van der Waals surface area contributed by atoms with Crippen LogP contribution in [-0.2, 0) is 10.2 Å². The van der Waals surface area contributed by atoms with E-state index in [9.17, 15) is 0 Å². The number of hydrogen-bond acceptors (Lipinski definition) is 2. The molecule has 1 atom stereocenters. The summed E-state index contributed by atoms with van der Waals surface area (Å²) in [7, 11) is 0. The molecule has 2 N–H and O–H groups in total. The Morgan fingerprint density at radius 1 is 1.33 bits per heavy atom. The van der Waals surface area contributed by atoms with Gasteiger partial charge in [0.2, 0.25) is 0 Å². The molecule has 2 rings (SSSR count). The number of aryl methyl sites for hydroxylation is 2. The summed E-state index contributed by atoms with van der Waals surface area (Å²) in [6.45, 7) is 7.86. The van der Waals surface area contributed by atoms with Crippen LogP contribution in [0.25, 0.3) is 0 Å². The van der Waals surface area contributed by atoms with Crippen molar-refractivity contribution in [2.45, 2.75) is 32.2 Å². The van der Waals surface area contributed by atoms with Crippen LogP contribution in [0, 0.1) is 13.8 Å². The quantitative estimate of drug-likeness (QED) is 0.800. The lowest BCUT2D eigenvalue weighted by atomic mass is 9.71. The summed E-state index contributed by atoms with van der Waals surface area (Å²) in [5.74, 6) is 0. The second-order valence-corrected chi connectivity index (χ2v) is 4.76. The molecule has 1 unspecified atom stereocenters. The van der Waals surface area contributed by atoms with Gasteiger partial charge in [0.15, 0.2) is 0 Å². The van der Waals surface area contributed by atoms with Crippen molar-refractivity contribution in [2.24, 2.45) is 5.73 Å². The molecule has 1 heterocycles. The number of ether oxygens (including phenoxy) is 1. The Morgan fingerprint density at radius 2 is 2.00 bits per heavy atom. The van der Waals surface area contributed by atoms with Gasteiger partial charge < -0.3 is 10.5 Å². The summed E-state index contributed by atoms with van der Waals surface area (Å²) < 4.78 is 5.36. The summed E-state index contributed by atoms with van der Waals surface area (Å²) in [6.07, 6.45) is 0. The van der Waals surface area contributed by atoms with Crippen molar-refractivity contribution in [1.29, 1.82) is 0 Å². The van der Waals surface area contributed by atoms with Gasteiger partial charge in [-0.15, -0.1) is 0 Å². The van der Waals surface area contributed by atoms with Crippen LogP contribution in [0.2, 0.25) is 0 Å². The van der Waals surface area contributed by atoms with Gasteiger partial charge in [-0.3, -0.25) is 0 Å². The maximum atomic E-state index is 6.09. The normalized spacial score (nSPS) is 20.8. The molecule has 0 bridgehead atoms. The smallest absolute Gasteiger partial charge is 0.0600 e. The molecule has 1 saturated heterocycles. The second-order valence-electron chi connectivity index (χ2n) is 4.76. The number of hydrogen-bond donors (Lipinski definition) is 1. The van der Waals surface area contributed by atoms with E-state index in [1.54, 1.807) is 0 Å². The van der Waals surface area contributed by atoms with Crippen LogP contribution in [0.3, 0.4) is 0 Å². The van der Waals surface area contributed by atoms with Crippen molar-refractivity contribution in [3.05, 3.63) is 34.9 Å². The van der Waals surface area contributed by atoms with E-state index in [1.807, 2.05) is 0 Å². The molecule has 1 aromatic carbocycles. The summed E-state index contributed by atoms with van der Waals surface area (Å²) in [5, 5.41) is 0. The highest BCUT2D eigenvalue weighted by Crippen LogP contribution is 2.36. The molecular weight excluding hydrogens is 186 g/mol. The molecule has 1 aliphatic rings. The van der Waals surface area contributed by atoms with Crippen LogP contribution in [0.5, 0.6) is 0 Å². The Morgan fingerprint density at radius 3 is 2.40 bits per heavy atom. The molecule has 15 heavy (non-hydrogen) atoms. The van der Waals surface area contributed by atoms with Crippen LogP contribution in [0.15, 0.2) is 18.2 Å². The van der Waals surface area contributed by atoms with E-state index in [2.05, 4.69) is 39.0 Å². The average molecular weight is 205 g/mol. The standard InChI is InChI=1S/C13H19NO/c1-9-4-5-12(10(2)6-9)13(11(3)14)7-15-8-13/h4-6,11H,7-8,14H2,1-3H3. The Bertz CT molecular complexity index is 367. The molecule has 1 aliphatic heterocycles. The number of nitrogens with two attached hydrogens (primary N) is 1. The molecule has 0 saturated carbocycles. The minimum absolute atomic E-state index is 0.0534. The van der Waals surface area contributed by atoms with E-state index >= 15 is 0 Å². The highest BCUT2D eigenvalue weighted by atomic mass is 16.5. The van der Waals surface area contributed by atoms with Gasteiger partial charge in [-0.25, -0.2) is 0 Å². The summed E-state index contributed by atoms with van der Waals surface area (Å²) in [4.78, 5) is 0. The van der Waals surface area contributed by atoms with Gasteiger partial charge in [-0.2, -0.15) is 0 Å².